The smallest absolute Gasteiger partial charge is 0.326 e. The molecule has 1 atom stereocenters. The molecule has 0 rings (SSSR count). The molecule has 0 saturated heterocycles. The lowest BCUT2D eigenvalue weighted by atomic mass is 10.0. The van der Waals surface area contributed by atoms with Crippen LogP contribution in [0.5, 0.6) is 0 Å². The zero-order valence-corrected chi connectivity index (χ0v) is 13.0. The van der Waals surface area contributed by atoms with E-state index in [4.69, 9.17) is 5.11 Å². The first-order chi connectivity index (χ1) is 9.06. The monoisotopic (exact) mass is 309 g/mol. The average molecular weight is 309 g/mol. The highest BCUT2D eigenvalue weighted by atomic mass is 32.2. The Balaban J connectivity index is 4.25. The van der Waals surface area contributed by atoms with Gasteiger partial charge in [0.15, 0.2) is 0 Å². The van der Waals surface area contributed by atoms with Gasteiger partial charge in [-0.1, -0.05) is 13.8 Å². The van der Waals surface area contributed by atoms with Gasteiger partial charge in [-0.05, 0) is 12.3 Å². The van der Waals surface area contributed by atoms with E-state index >= 15 is 0 Å². The van der Waals surface area contributed by atoms with E-state index in [2.05, 4.69) is 10.6 Å². The molecule has 0 aliphatic carbocycles. The average Bonchev–Trinajstić information content (AvgIpc) is 2.26. The molecule has 0 fully saturated rings. The second-order valence-electron chi connectivity index (χ2n) is 5.02. The van der Waals surface area contributed by atoms with Crippen LogP contribution >= 0.6 is 0 Å². The standard InChI is InChI=1S/C11H23N3O5S/c1-8(2)7-9(10(15)16)13-11(17)12-5-6-20(18,19)14(3)4/h8-9H,5-7H2,1-4H3,(H,15,16)(H2,12,13,17)/t9-/m0/s1. The minimum Gasteiger partial charge on any atom is -0.480 e. The van der Waals surface area contributed by atoms with Gasteiger partial charge in [0.2, 0.25) is 10.0 Å². The third kappa shape index (κ3) is 7.29. The second kappa shape index (κ2) is 8.05. The van der Waals surface area contributed by atoms with E-state index < -0.39 is 28.1 Å². The van der Waals surface area contributed by atoms with Gasteiger partial charge in [0.25, 0.3) is 0 Å². The largest absolute Gasteiger partial charge is 0.480 e. The fraction of sp³-hybridized carbons (Fsp3) is 0.818. The number of urea groups is 1. The number of nitrogens with one attached hydrogen (secondary N) is 2. The van der Waals surface area contributed by atoms with E-state index in [1.54, 1.807) is 0 Å². The zero-order valence-electron chi connectivity index (χ0n) is 12.2. The van der Waals surface area contributed by atoms with Crippen molar-refractivity contribution in [2.45, 2.75) is 26.3 Å². The maximum Gasteiger partial charge on any atom is 0.326 e. The van der Waals surface area contributed by atoms with Crippen molar-refractivity contribution in [1.29, 1.82) is 0 Å². The normalized spacial score (nSPS) is 13.3. The van der Waals surface area contributed by atoms with E-state index in [9.17, 15) is 18.0 Å². The Bertz CT molecular complexity index is 433. The Hall–Kier alpha value is -1.35. The number of nitrogens with zero attached hydrogens (tertiary/aromatic N) is 1. The highest BCUT2D eigenvalue weighted by Gasteiger charge is 2.21. The molecular formula is C11H23N3O5S. The Morgan fingerprint density at radius 2 is 1.80 bits per heavy atom. The molecule has 0 aromatic carbocycles. The molecule has 118 valence electrons. The molecule has 0 aromatic rings. The number of sulfonamides is 1. The predicted molar refractivity (Wildman–Crippen MR) is 74.9 cm³/mol. The van der Waals surface area contributed by atoms with Crippen LogP contribution < -0.4 is 10.6 Å². The highest BCUT2D eigenvalue weighted by molar-refractivity contribution is 7.89. The Labute approximate surface area is 119 Å². The van der Waals surface area contributed by atoms with Gasteiger partial charge in [-0.2, -0.15) is 0 Å². The maximum absolute atomic E-state index is 11.5. The number of hydrogen-bond donors (Lipinski definition) is 3. The Morgan fingerprint density at radius 1 is 1.25 bits per heavy atom. The number of carboxylic acids is 1. The van der Waals surface area contributed by atoms with Crippen LogP contribution in [0.4, 0.5) is 4.79 Å². The van der Waals surface area contributed by atoms with Crippen molar-refractivity contribution in [3.63, 3.8) is 0 Å². The van der Waals surface area contributed by atoms with Crippen molar-refractivity contribution < 1.29 is 23.1 Å². The minimum atomic E-state index is -3.38. The predicted octanol–water partition coefficient (Wildman–Crippen LogP) is -0.324. The summed E-state index contributed by atoms with van der Waals surface area (Å²) in [4.78, 5) is 22.4. The molecule has 0 spiro atoms. The molecule has 3 N–H and O–H groups in total. The minimum absolute atomic E-state index is 0.0830. The summed E-state index contributed by atoms with van der Waals surface area (Å²) < 4.78 is 24.0. The first-order valence-electron chi connectivity index (χ1n) is 6.23. The molecule has 0 aliphatic heterocycles. The molecule has 0 aromatic heterocycles. The third-order valence-corrected chi connectivity index (χ3v) is 4.35. The van der Waals surface area contributed by atoms with Gasteiger partial charge in [-0.25, -0.2) is 22.3 Å². The van der Waals surface area contributed by atoms with Gasteiger partial charge in [0.05, 0.1) is 5.75 Å². The fourth-order valence-electron chi connectivity index (χ4n) is 1.38. The van der Waals surface area contributed by atoms with Crippen LogP contribution in [0.1, 0.15) is 20.3 Å². The van der Waals surface area contributed by atoms with E-state index in [1.165, 1.54) is 14.1 Å². The maximum atomic E-state index is 11.5. The summed E-state index contributed by atoms with van der Waals surface area (Å²) in [6, 6.07) is -1.67. The zero-order chi connectivity index (χ0) is 15.9. The second-order valence-corrected chi connectivity index (χ2v) is 7.32. The number of carboxylic acid groups (broad SMARTS) is 1. The van der Waals surface area contributed by atoms with Gasteiger partial charge in [-0.3, -0.25) is 0 Å². The number of amides is 2. The number of hydrogen-bond acceptors (Lipinski definition) is 4. The highest BCUT2D eigenvalue weighted by Crippen LogP contribution is 2.04. The van der Waals surface area contributed by atoms with Crippen LogP contribution in [0.3, 0.4) is 0 Å². The summed E-state index contributed by atoms with van der Waals surface area (Å²) in [6.45, 7) is 3.61. The summed E-state index contributed by atoms with van der Waals surface area (Å²) >= 11 is 0. The molecule has 9 heteroatoms. The van der Waals surface area contributed by atoms with Crippen LogP contribution in [0.2, 0.25) is 0 Å². The summed E-state index contributed by atoms with van der Waals surface area (Å²) in [5.74, 6) is -1.24. The van der Waals surface area contributed by atoms with Crippen LogP contribution in [0, 0.1) is 5.92 Å². The molecule has 20 heavy (non-hydrogen) atoms. The molecule has 2 amide bonds. The van der Waals surface area contributed by atoms with Crippen molar-refractivity contribution >= 4 is 22.0 Å². The van der Waals surface area contributed by atoms with Crippen molar-refractivity contribution in [1.82, 2.24) is 14.9 Å². The topological polar surface area (TPSA) is 116 Å². The van der Waals surface area contributed by atoms with Crippen LogP contribution in [0.25, 0.3) is 0 Å². The third-order valence-electron chi connectivity index (χ3n) is 2.51. The van der Waals surface area contributed by atoms with Gasteiger partial charge in [0.1, 0.15) is 6.04 Å². The number of aliphatic carboxylic acids is 1. The number of rotatable bonds is 8. The van der Waals surface area contributed by atoms with Crippen LogP contribution in [-0.2, 0) is 14.8 Å². The SMILES string of the molecule is CC(C)C[C@H](NC(=O)NCCS(=O)(=O)N(C)C)C(=O)O. The quantitative estimate of drug-likeness (QED) is 0.568. The van der Waals surface area contributed by atoms with Crippen LogP contribution in [-0.4, -0.2) is 62.3 Å². The fourth-order valence-corrected chi connectivity index (χ4v) is 2.10. The molecule has 0 saturated carbocycles. The van der Waals surface area contributed by atoms with Gasteiger partial charge >= 0.3 is 12.0 Å². The van der Waals surface area contributed by atoms with Crippen molar-refractivity contribution in [2.75, 3.05) is 26.4 Å². The summed E-state index contributed by atoms with van der Waals surface area (Å²) in [5.41, 5.74) is 0. The lowest BCUT2D eigenvalue weighted by molar-refractivity contribution is -0.139. The van der Waals surface area contributed by atoms with E-state index in [0.717, 1.165) is 4.31 Å². The van der Waals surface area contributed by atoms with Gasteiger partial charge in [0, 0.05) is 20.6 Å². The molecule has 8 nitrogen and oxygen atoms in total. The van der Waals surface area contributed by atoms with E-state index in [1.807, 2.05) is 13.8 Å². The summed E-state index contributed by atoms with van der Waals surface area (Å²) in [5, 5.41) is 13.6. The van der Waals surface area contributed by atoms with E-state index in [-0.39, 0.29) is 18.2 Å². The molecule has 0 bridgehead atoms. The summed E-state index contributed by atoms with van der Waals surface area (Å²) in [6.07, 6.45) is 0.304. The van der Waals surface area contributed by atoms with E-state index in [0.29, 0.717) is 6.42 Å². The number of carbonyl (C=O) groups excluding carboxylic acids is 1. The molecular weight excluding hydrogens is 286 g/mol. The van der Waals surface area contributed by atoms with Crippen molar-refractivity contribution in [2.24, 2.45) is 5.92 Å². The molecule has 0 unspecified atom stereocenters. The number of carbonyl (C=O) groups is 2. The Kier molecular flexibility index (Phi) is 7.51. The first kappa shape index (κ1) is 18.7. The lowest BCUT2D eigenvalue weighted by Crippen LogP contribution is -2.47. The summed E-state index contributed by atoms with van der Waals surface area (Å²) in [7, 11) is -0.581. The van der Waals surface area contributed by atoms with Gasteiger partial charge < -0.3 is 15.7 Å². The van der Waals surface area contributed by atoms with Crippen LogP contribution in [0.15, 0.2) is 0 Å². The van der Waals surface area contributed by atoms with Crippen molar-refractivity contribution in [3.8, 4) is 0 Å². The molecule has 0 aliphatic rings. The first-order valence-corrected chi connectivity index (χ1v) is 7.84. The van der Waals surface area contributed by atoms with Gasteiger partial charge in [-0.15, -0.1) is 0 Å². The molecule has 0 heterocycles. The molecule has 0 radical (unpaired) electrons. The Morgan fingerprint density at radius 3 is 2.20 bits per heavy atom. The van der Waals surface area contributed by atoms with Crippen molar-refractivity contribution in [3.05, 3.63) is 0 Å². The lowest BCUT2D eigenvalue weighted by Gasteiger charge is -2.17.